The number of benzene rings is 2. The Morgan fingerprint density at radius 2 is 1.82 bits per heavy atom. The number of anilines is 1. The molecule has 2 atom stereocenters. The van der Waals surface area contributed by atoms with Crippen LogP contribution in [0.3, 0.4) is 0 Å². The summed E-state index contributed by atoms with van der Waals surface area (Å²) in [5.74, 6) is 1.95. The number of rotatable bonds is 10. The zero-order chi connectivity index (χ0) is 24.0. The Morgan fingerprint density at radius 3 is 2.52 bits per heavy atom. The fourth-order valence-corrected chi connectivity index (χ4v) is 7.42. The van der Waals surface area contributed by atoms with Crippen molar-refractivity contribution in [3.63, 3.8) is 0 Å². The molecule has 0 spiro atoms. The lowest BCUT2D eigenvalue weighted by Crippen LogP contribution is -2.40. The summed E-state index contributed by atoms with van der Waals surface area (Å²) in [5.41, 5.74) is 0.393. The van der Waals surface area contributed by atoms with Crippen molar-refractivity contribution in [2.75, 3.05) is 35.9 Å². The van der Waals surface area contributed by atoms with E-state index in [9.17, 15) is 8.42 Å². The largest absolute Gasteiger partial charge is 0.303 e. The van der Waals surface area contributed by atoms with Crippen molar-refractivity contribution in [2.45, 2.75) is 43.5 Å². The van der Waals surface area contributed by atoms with E-state index in [1.54, 1.807) is 30.3 Å². The number of hydrogen-bond donors (Lipinski definition) is 0. The molecule has 2 aromatic carbocycles. The molecule has 1 aliphatic heterocycles. The SMILES string of the molecule is CSC[C@@H]1CCCN(CCCC(C)N(c2cc(Cl)ccc2Cl)S(=O)(=O)c2ccc(Cl)cc2)C1. The van der Waals surface area contributed by atoms with Gasteiger partial charge in [0.2, 0.25) is 0 Å². The highest BCUT2D eigenvalue weighted by molar-refractivity contribution is 7.98. The monoisotopic (exact) mass is 548 g/mol. The van der Waals surface area contributed by atoms with Crippen molar-refractivity contribution < 1.29 is 8.42 Å². The van der Waals surface area contributed by atoms with Crippen LogP contribution in [0, 0.1) is 5.92 Å². The Kier molecular flexibility index (Phi) is 10.1. The molecule has 33 heavy (non-hydrogen) atoms. The molecule has 4 nitrogen and oxygen atoms in total. The molecule has 1 fully saturated rings. The highest BCUT2D eigenvalue weighted by Gasteiger charge is 2.31. The van der Waals surface area contributed by atoms with E-state index in [4.69, 9.17) is 34.8 Å². The predicted molar refractivity (Wildman–Crippen MR) is 144 cm³/mol. The molecule has 0 bridgehead atoms. The number of nitrogens with zero attached hydrogens (tertiary/aromatic N) is 2. The van der Waals surface area contributed by atoms with Crippen LogP contribution in [0.25, 0.3) is 0 Å². The van der Waals surface area contributed by atoms with Gasteiger partial charge in [-0.05, 0) is 106 Å². The van der Waals surface area contributed by atoms with Crippen molar-refractivity contribution in [1.82, 2.24) is 4.90 Å². The van der Waals surface area contributed by atoms with Crippen molar-refractivity contribution >= 4 is 62.3 Å². The second-order valence-electron chi connectivity index (χ2n) is 8.61. The first-order valence-electron chi connectivity index (χ1n) is 11.2. The van der Waals surface area contributed by atoms with Crippen LogP contribution in [0.1, 0.15) is 32.6 Å². The molecule has 0 radical (unpaired) electrons. The lowest BCUT2D eigenvalue weighted by Gasteiger charge is -2.34. The highest BCUT2D eigenvalue weighted by Crippen LogP contribution is 2.35. The lowest BCUT2D eigenvalue weighted by molar-refractivity contribution is 0.182. The first-order chi connectivity index (χ1) is 15.7. The minimum absolute atomic E-state index is 0.172. The summed E-state index contributed by atoms with van der Waals surface area (Å²) in [6, 6.07) is 10.8. The predicted octanol–water partition coefficient (Wildman–Crippen LogP) is 7.09. The number of hydrogen-bond acceptors (Lipinski definition) is 4. The molecule has 0 amide bonds. The van der Waals surface area contributed by atoms with E-state index in [0.717, 1.165) is 32.0 Å². The fraction of sp³-hybridized carbons (Fsp3) is 0.500. The van der Waals surface area contributed by atoms with Gasteiger partial charge in [-0.15, -0.1) is 0 Å². The second-order valence-corrected chi connectivity index (χ2v) is 12.6. The van der Waals surface area contributed by atoms with Gasteiger partial charge >= 0.3 is 0 Å². The van der Waals surface area contributed by atoms with E-state index in [-0.39, 0.29) is 10.9 Å². The molecule has 3 rings (SSSR count). The quantitative estimate of drug-likeness (QED) is 0.317. The number of likely N-dealkylation sites (tertiary alicyclic amines) is 1. The van der Waals surface area contributed by atoms with Gasteiger partial charge in [-0.1, -0.05) is 34.8 Å². The summed E-state index contributed by atoms with van der Waals surface area (Å²) in [7, 11) is -3.87. The highest BCUT2D eigenvalue weighted by atomic mass is 35.5. The normalized spacial score (nSPS) is 18.3. The van der Waals surface area contributed by atoms with Gasteiger partial charge < -0.3 is 4.90 Å². The van der Waals surface area contributed by atoms with Crippen LogP contribution in [0.4, 0.5) is 5.69 Å². The van der Waals surface area contributed by atoms with E-state index in [2.05, 4.69) is 11.2 Å². The summed E-state index contributed by atoms with van der Waals surface area (Å²) in [6.45, 7) is 5.14. The minimum atomic E-state index is -3.87. The smallest absolute Gasteiger partial charge is 0.264 e. The van der Waals surface area contributed by atoms with Crippen LogP contribution in [0.2, 0.25) is 15.1 Å². The molecule has 0 saturated carbocycles. The Hall–Kier alpha value is -0.630. The Labute approximate surface area is 217 Å². The van der Waals surface area contributed by atoms with Gasteiger partial charge in [0.15, 0.2) is 0 Å². The van der Waals surface area contributed by atoms with Gasteiger partial charge in [0.05, 0.1) is 15.6 Å². The van der Waals surface area contributed by atoms with Gasteiger partial charge in [-0.25, -0.2) is 8.42 Å². The van der Waals surface area contributed by atoms with Gasteiger partial charge in [0.25, 0.3) is 10.0 Å². The molecule has 1 unspecified atom stereocenters. The summed E-state index contributed by atoms with van der Waals surface area (Å²) < 4.78 is 28.8. The lowest BCUT2D eigenvalue weighted by atomic mass is 9.99. The zero-order valence-electron chi connectivity index (χ0n) is 19.0. The number of thioether (sulfide) groups is 1. The third kappa shape index (κ3) is 7.18. The van der Waals surface area contributed by atoms with Crippen LogP contribution < -0.4 is 4.31 Å². The van der Waals surface area contributed by atoms with Crippen LogP contribution >= 0.6 is 46.6 Å². The number of halogens is 3. The van der Waals surface area contributed by atoms with E-state index in [1.807, 2.05) is 18.7 Å². The molecular formula is C24H31Cl3N2O2S2. The fourth-order valence-electron chi connectivity index (χ4n) is 4.43. The Balaban J connectivity index is 1.79. The van der Waals surface area contributed by atoms with Gasteiger partial charge in [-0.2, -0.15) is 11.8 Å². The molecular weight excluding hydrogens is 519 g/mol. The van der Waals surface area contributed by atoms with Crippen molar-refractivity contribution in [3.8, 4) is 0 Å². The molecule has 0 N–H and O–H groups in total. The average molecular weight is 550 g/mol. The molecule has 0 aromatic heterocycles. The summed E-state index contributed by atoms with van der Waals surface area (Å²) in [6.07, 6.45) is 6.30. The van der Waals surface area contributed by atoms with Crippen LogP contribution in [-0.2, 0) is 10.0 Å². The maximum atomic E-state index is 13.7. The second kappa shape index (κ2) is 12.4. The first kappa shape index (κ1) is 27.0. The number of piperidine rings is 1. The molecule has 9 heteroatoms. The topological polar surface area (TPSA) is 40.6 Å². The molecule has 1 aliphatic rings. The number of sulfonamides is 1. The maximum Gasteiger partial charge on any atom is 0.264 e. The third-order valence-corrected chi connectivity index (χ3v) is 9.57. The zero-order valence-corrected chi connectivity index (χ0v) is 22.9. The van der Waals surface area contributed by atoms with E-state index >= 15 is 0 Å². The van der Waals surface area contributed by atoms with Gasteiger partial charge in [-0.3, -0.25) is 4.31 Å². The molecule has 182 valence electrons. The summed E-state index contributed by atoms with van der Waals surface area (Å²) in [5, 5.41) is 1.27. The molecule has 1 saturated heterocycles. The molecule has 2 aromatic rings. The van der Waals surface area contributed by atoms with Crippen LogP contribution in [0.15, 0.2) is 47.4 Å². The van der Waals surface area contributed by atoms with Crippen molar-refractivity contribution in [1.29, 1.82) is 0 Å². The first-order valence-corrected chi connectivity index (χ1v) is 15.2. The standard InChI is InChI=1S/C24H31Cl3N2O2S2/c1-18(5-3-13-28-14-4-6-19(16-28)17-32-2)29(24-15-21(26)9-12-23(24)27)33(30,31)22-10-7-20(25)8-11-22/h7-12,15,18-19H,3-6,13-14,16-17H2,1-2H3/t18?,19-/m1/s1. The molecule has 1 heterocycles. The Bertz CT molecular complexity index is 1020. The van der Waals surface area contributed by atoms with E-state index in [0.29, 0.717) is 27.2 Å². The van der Waals surface area contributed by atoms with Crippen molar-refractivity contribution in [2.24, 2.45) is 5.92 Å². The maximum absolute atomic E-state index is 13.7. The van der Waals surface area contributed by atoms with E-state index in [1.165, 1.54) is 35.0 Å². The summed E-state index contributed by atoms with van der Waals surface area (Å²) in [4.78, 5) is 2.69. The third-order valence-electron chi connectivity index (χ3n) is 6.02. The average Bonchev–Trinajstić information content (AvgIpc) is 2.77. The van der Waals surface area contributed by atoms with Gasteiger partial charge in [0.1, 0.15) is 0 Å². The Morgan fingerprint density at radius 1 is 1.12 bits per heavy atom. The summed E-state index contributed by atoms with van der Waals surface area (Å²) >= 11 is 20.6. The minimum Gasteiger partial charge on any atom is -0.303 e. The van der Waals surface area contributed by atoms with Crippen LogP contribution in [0.5, 0.6) is 0 Å². The van der Waals surface area contributed by atoms with E-state index < -0.39 is 10.0 Å². The van der Waals surface area contributed by atoms with Crippen LogP contribution in [-0.4, -0.2) is 51.0 Å². The molecule has 0 aliphatic carbocycles. The van der Waals surface area contributed by atoms with Gasteiger partial charge in [0, 0.05) is 22.6 Å². The van der Waals surface area contributed by atoms with Crippen molar-refractivity contribution in [3.05, 3.63) is 57.5 Å².